The lowest BCUT2D eigenvalue weighted by molar-refractivity contribution is -0.188. The molecular weight excluding hydrogens is 319 g/mol. The van der Waals surface area contributed by atoms with Gasteiger partial charge >= 0.3 is 0 Å². The van der Waals surface area contributed by atoms with Gasteiger partial charge in [-0.2, -0.15) is 0 Å². The monoisotopic (exact) mass is 352 g/mol. The van der Waals surface area contributed by atoms with Crippen LogP contribution in [0.3, 0.4) is 0 Å². The first-order chi connectivity index (χ1) is 11.7. The van der Waals surface area contributed by atoms with E-state index in [9.17, 15) is 14.3 Å². The van der Waals surface area contributed by atoms with Crippen LogP contribution in [0.5, 0.6) is 0 Å². The van der Waals surface area contributed by atoms with Gasteiger partial charge in [0.05, 0.1) is 18.5 Å². The number of methoxy groups -OCH3 is 1. The van der Waals surface area contributed by atoms with Crippen molar-refractivity contribution in [1.82, 2.24) is 0 Å². The molecule has 0 aromatic carbocycles. The van der Waals surface area contributed by atoms with Crippen molar-refractivity contribution in [3.05, 3.63) is 12.4 Å². The highest BCUT2D eigenvalue weighted by Gasteiger charge is 2.67. The second kappa shape index (κ2) is 6.16. The molecule has 2 bridgehead atoms. The molecule has 3 rings (SSSR count). The minimum absolute atomic E-state index is 0.0683. The lowest BCUT2D eigenvalue weighted by Crippen LogP contribution is -2.62. The van der Waals surface area contributed by atoms with Crippen LogP contribution in [0.25, 0.3) is 0 Å². The van der Waals surface area contributed by atoms with Crippen molar-refractivity contribution in [2.24, 2.45) is 34.0 Å². The molecule has 0 aromatic rings. The van der Waals surface area contributed by atoms with E-state index in [0.717, 1.165) is 25.7 Å². The third-order valence-electron chi connectivity index (χ3n) is 8.55. The summed E-state index contributed by atoms with van der Waals surface area (Å²) in [6, 6.07) is 0. The van der Waals surface area contributed by atoms with E-state index >= 15 is 0 Å². The van der Waals surface area contributed by atoms with E-state index in [0.29, 0.717) is 12.2 Å². The van der Waals surface area contributed by atoms with Gasteiger partial charge in [0.15, 0.2) is 0 Å². The predicted octanol–water partition coefficient (Wildman–Crippen LogP) is 4.29. The normalized spacial score (nSPS) is 53.6. The molecule has 0 aliphatic heterocycles. The first-order valence-corrected chi connectivity index (χ1v) is 9.70. The summed E-state index contributed by atoms with van der Waals surface area (Å²) >= 11 is 0. The molecule has 0 saturated heterocycles. The maximum absolute atomic E-state index is 13.4. The van der Waals surface area contributed by atoms with E-state index in [1.807, 2.05) is 6.92 Å². The minimum Gasteiger partial charge on any atom is -0.392 e. The number of carbonyl (C=O) groups excluding carboxylic acids is 1. The highest BCUT2D eigenvalue weighted by Crippen LogP contribution is 2.68. The second-order valence-electron chi connectivity index (χ2n) is 9.35. The van der Waals surface area contributed by atoms with Crippen LogP contribution < -0.4 is 0 Å². The number of carbonyl (C=O) groups is 1. The molecule has 0 aromatic heterocycles. The number of hydrogen-bond donors (Lipinski definition) is 1. The zero-order valence-electron chi connectivity index (χ0n) is 16.2. The maximum Gasteiger partial charge on any atom is 0.146 e. The van der Waals surface area contributed by atoms with Crippen LogP contribution in [-0.2, 0) is 9.53 Å². The molecule has 3 saturated carbocycles. The Morgan fingerprint density at radius 2 is 1.88 bits per heavy atom. The van der Waals surface area contributed by atoms with Gasteiger partial charge in [0.25, 0.3) is 0 Å². The lowest BCUT2D eigenvalue weighted by atomic mass is 9.44. The molecule has 3 aliphatic carbocycles. The maximum atomic E-state index is 13.4. The molecule has 142 valence electrons. The molecule has 0 radical (unpaired) electrons. The van der Waals surface area contributed by atoms with E-state index < -0.39 is 11.5 Å². The molecule has 3 fully saturated rings. The Labute approximate surface area is 151 Å². The van der Waals surface area contributed by atoms with Gasteiger partial charge < -0.3 is 9.84 Å². The van der Waals surface area contributed by atoms with Crippen LogP contribution in [0.4, 0.5) is 4.39 Å². The fourth-order valence-electron chi connectivity index (χ4n) is 6.77. The van der Waals surface area contributed by atoms with Gasteiger partial charge in [-0.1, -0.05) is 20.8 Å². The standard InChI is InChI=1S/C21H33FO3/c1-13-6-8-21-9-7-15(25-5)17(21)20(13,4)16(23)12-19(3,10-11-22)18(24)14(21)2/h10-11,13-17,23H,6-9,12H2,1-5H3/b11-10+/t13-,14+,15?,16-,17?,19-,20+,21?/m1/s1. The highest BCUT2D eigenvalue weighted by molar-refractivity contribution is 5.89. The molecule has 0 heterocycles. The van der Waals surface area contributed by atoms with Gasteiger partial charge in [0.1, 0.15) is 5.78 Å². The Kier molecular flexibility index (Phi) is 4.69. The van der Waals surface area contributed by atoms with Crippen LogP contribution >= 0.6 is 0 Å². The second-order valence-corrected chi connectivity index (χ2v) is 9.35. The van der Waals surface area contributed by atoms with Gasteiger partial charge in [0.2, 0.25) is 0 Å². The molecular formula is C21H33FO3. The van der Waals surface area contributed by atoms with Gasteiger partial charge in [-0.05, 0) is 62.4 Å². The highest BCUT2D eigenvalue weighted by atomic mass is 19.1. The average molecular weight is 352 g/mol. The molecule has 3 unspecified atom stereocenters. The Bertz CT molecular complexity index is 575. The van der Waals surface area contributed by atoms with Crippen molar-refractivity contribution in [2.75, 3.05) is 7.11 Å². The lowest BCUT2D eigenvalue weighted by Gasteiger charge is -2.61. The van der Waals surface area contributed by atoms with Crippen LogP contribution in [0.15, 0.2) is 12.4 Å². The van der Waals surface area contributed by atoms with E-state index in [-0.39, 0.29) is 41.0 Å². The topological polar surface area (TPSA) is 46.5 Å². The summed E-state index contributed by atoms with van der Waals surface area (Å²) in [7, 11) is 1.75. The number of hydrogen-bond acceptors (Lipinski definition) is 3. The molecule has 25 heavy (non-hydrogen) atoms. The summed E-state index contributed by atoms with van der Waals surface area (Å²) in [6.07, 6.45) is 5.44. The number of Topliss-reactive ketones (excluding diaryl/α,β-unsaturated/α-hetero) is 1. The van der Waals surface area contributed by atoms with Crippen molar-refractivity contribution >= 4 is 5.78 Å². The summed E-state index contributed by atoms with van der Waals surface area (Å²) in [5.74, 6) is 0.425. The van der Waals surface area contributed by atoms with E-state index in [2.05, 4.69) is 13.8 Å². The number of ether oxygens (including phenoxy) is 1. The SMILES string of the molecule is COC1CCC23CC[C@@H](C)[C@](C)(C12)[C@H](O)C[C@@](C)(/C=C/F)C(=O)[C@@H]3C. The molecule has 1 N–H and O–H groups in total. The fourth-order valence-corrected chi connectivity index (χ4v) is 6.77. The molecule has 3 nitrogen and oxygen atoms in total. The first kappa shape index (κ1) is 19.0. The Morgan fingerprint density at radius 3 is 2.48 bits per heavy atom. The van der Waals surface area contributed by atoms with Gasteiger partial charge in [-0.25, -0.2) is 4.39 Å². The quantitative estimate of drug-likeness (QED) is 0.806. The Balaban J connectivity index is 2.20. The zero-order chi connectivity index (χ0) is 18.6. The smallest absolute Gasteiger partial charge is 0.146 e. The number of aliphatic hydroxyl groups excluding tert-OH is 1. The number of rotatable bonds is 2. The molecule has 8 atom stereocenters. The largest absolute Gasteiger partial charge is 0.392 e. The summed E-state index contributed by atoms with van der Waals surface area (Å²) < 4.78 is 19.0. The van der Waals surface area contributed by atoms with Gasteiger partial charge in [-0.15, -0.1) is 0 Å². The molecule has 4 heteroatoms. The molecule has 3 aliphatic rings. The van der Waals surface area contributed by atoms with Crippen LogP contribution in [0.2, 0.25) is 0 Å². The van der Waals surface area contributed by atoms with E-state index in [4.69, 9.17) is 4.74 Å². The van der Waals surface area contributed by atoms with Crippen LogP contribution in [0.1, 0.15) is 59.8 Å². The summed E-state index contributed by atoms with van der Waals surface area (Å²) in [5.41, 5.74) is -1.42. The van der Waals surface area contributed by atoms with Crippen molar-refractivity contribution < 1.29 is 19.0 Å². The number of allylic oxidation sites excluding steroid dienone is 1. The van der Waals surface area contributed by atoms with Crippen molar-refractivity contribution in [3.8, 4) is 0 Å². The first-order valence-electron chi connectivity index (χ1n) is 9.70. The average Bonchev–Trinajstić information content (AvgIpc) is 2.97. The van der Waals surface area contributed by atoms with Crippen LogP contribution in [-0.4, -0.2) is 30.2 Å². The minimum atomic E-state index is -0.949. The summed E-state index contributed by atoms with van der Waals surface area (Å²) in [5, 5.41) is 11.3. The summed E-state index contributed by atoms with van der Waals surface area (Å²) in [6.45, 7) is 8.22. The van der Waals surface area contributed by atoms with Crippen molar-refractivity contribution in [3.63, 3.8) is 0 Å². The molecule has 0 amide bonds. The number of aliphatic hydroxyl groups is 1. The third-order valence-corrected chi connectivity index (χ3v) is 8.55. The number of halogens is 1. The third kappa shape index (κ3) is 2.39. The number of ketones is 1. The summed E-state index contributed by atoms with van der Waals surface area (Å²) in [4.78, 5) is 13.4. The fraction of sp³-hybridized carbons (Fsp3) is 0.857. The van der Waals surface area contributed by atoms with Crippen molar-refractivity contribution in [2.45, 2.75) is 72.0 Å². The van der Waals surface area contributed by atoms with E-state index in [1.165, 1.54) is 6.08 Å². The van der Waals surface area contributed by atoms with Crippen molar-refractivity contribution in [1.29, 1.82) is 0 Å². The van der Waals surface area contributed by atoms with Crippen LogP contribution in [0, 0.1) is 34.0 Å². The van der Waals surface area contributed by atoms with Gasteiger partial charge in [-0.3, -0.25) is 4.79 Å². The van der Waals surface area contributed by atoms with Gasteiger partial charge in [0, 0.05) is 23.9 Å². The Morgan fingerprint density at radius 1 is 1.24 bits per heavy atom. The van der Waals surface area contributed by atoms with E-state index in [1.54, 1.807) is 14.0 Å². The molecule has 0 spiro atoms. The predicted molar refractivity (Wildman–Crippen MR) is 95.6 cm³/mol. The Hall–Kier alpha value is -0.740. The zero-order valence-corrected chi connectivity index (χ0v) is 16.2.